The zero-order chi connectivity index (χ0) is 13.3. The third kappa shape index (κ3) is 2.50. The van der Waals surface area contributed by atoms with Crippen LogP contribution in [0.5, 0.6) is 0 Å². The summed E-state index contributed by atoms with van der Waals surface area (Å²) < 4.78 is 0. The van der Waals surface area contributed by atoms with E-state index in [1.165, 1.54) is 6.42 Å². The van der Waals surface area contributed by atoms with Gasteiger partial charge in [0.15, 0.2) is 0 Å². The molecule has 3 heteroatoms. The van der Waals surface area contributed by atoms with Crippen LogP contribution in [0, 0.1) is 18.8 Å². The molecule has 1 saturated heterocycles. The lowest BCUT2D eigenvalue weighted by molar-refractivity contribution is 0.0622. The number of carbonyl (C=O) groups is 1. The number of nitrogen functional groups attached to an aromatic ring is 1. The molecule has 0 bridgehead atoms. The Morgan fingerprint density at radius 2 is 1.89 bits per heavy atom. The van der Waals surface area contributed by atoms with Crippen molar-refractivity contribution in [1.29, 1.82) is 0 Å². The van der Waals surface area contributed by atoms with Gasteiger partial charge >= 0.3 is 0 Å². The summed E-state index contributed by atoms with van der Waals surface area (Å²) in [4.78, 5) is 14.5. The number of hydrogen-bond donors (Lipinski definition) is 1. The van der Waals surface area contributed by atoms with Crippen LogP contribution in [-0.4, -0.2) is 23.9 Å². The van der Waals surface area contributed by atoms with Gasteiger partial charge in [-0.15, -0.1) is 0 Å². The van der Waals surface area contributed by atoms with Crippen molar-refractivity contribution in [1.82, 2.24) is 4.90 Å². The molecular formula is C15H22N2O. The van der Waals surface area contributed by atoms with E-state index in [2.05, 4.69) is 13.8 Å². The van der Waals surface area contributed by atoms with E-state index in [-0.39, 0.29) is 5.91 Å². The summed E-state index contributed by atoms with van der Waals surface area (Å²) in [5.74, 6) is 1.29. The fourth-order valence-corrected chi connectivity index (χ4v) is 2.88. The van der Waals surface area contributed by atoms with Gasteiger partial charge in [-0.3, -0.25) is 4.79 Å². The van der Waals surface area contributed by atoms with Crippen LogP contribution in [0.1, 0.15) is 36.2 Å². The van der Waals surface area contributed by atoms with Gasteiger partial charge in [0, 0.05) is 24.3 Å². The van der Waals surface area contributed by atoms with Crippen molar-refractivity contribution in [3.63, 3.8) is 0 Å². The largest absolute Gasteiger partial charge is 0.398 e. The molecule has 0 aliphatic carbocycles. The molecule has 1 aliphatic rings. The Bertz CT molecular complexity index is 446. The number of carbonyl (C=O) groups excluding carboxylic acids is 1. The molecule has 0 aromatic heterocycles. The molecule has 18 heavy (non-hydrogen) atoms. The van der Waals surface area contributed by atoms with Gasteiger partial charge in [-0.2, -0.15) is 0 Å². The fraction of sp³-hybridized carbons (Fsp3) is 0.533. The molecule has 3 nitrogen and oxygen atoms in total. The summed E-state index contributed by atoms with van der Waals surface area (Å²) in [6, 6.07) is 5.57. The second kappa shape index (κ2) is 5.01. The van der Waals surface area contributed by atoms with Crippen LogP contribution in [0.25, 0.3) is 0 Å². The molecule has 2 rings (SSSR count). The van der Waals surface area contributed by atoms with Crippen molar-refractivity contribution >= 4 is 11.6 Å². The summed E-state index contributed by atoms with van der Waals surface area (Å²) >= 11 is 0. The minimum Gasteiger partial charge on any atom is -0.398 e. The summed E-state index contributed by atoms with van der Waals surface area (Å²) in [7, 11) is 0. The van der Waals surface area contributed by atoms with Crippen LogP contribution in [0.2, 0.25) is 0 Å². The predicted molar refractivity (Wildman–Crippen MR) is 74.4 cm³/mol. The Morgan fingerprint density at radius 1 is 1.28 bits per heavy atom. The molecule has 2 atom stereocenters. The summed E-state index contributed by atoms with van der Waals surface area (Å²) in [5, 5.41) is 0. The van der Waals surface area contributed by atoms with Crippen LogP contribution in [-0.2, 0) is 0 Å². The number of hydrogen-bond acceptors (Lipinski definition) is 2. The molecule has 1 aromatic rings. The normalized spacial score (nSPS) is 24.1. The Hall–Kier alpha value is -1.51. The third-order valence-corrected chi connectivity index (χ3v) is 3.76. The van der Waals surface area contributed by atoms with E-state index in [0.29, 0.717) is 17.5 Å². The first kappa shape index (κ1) is 12.9. The van der Waals surface area contributed by atoms with Gasteiger partial charge in [-0.05, 0) is 42.9 Å². The molecule has 0 spiro atoms. The van der Waals surface area contributed by atoms with E-state index in [4.69, 9.17) is 5.73 Å². The third-order valence-electron chi connectivity index (χ3n) is 3.76. The molecule has 98 valence electrons. The van der Waals surface area contributed by atoms with Gasteiger partial charge in [0.1, 0.15) is 0 Å². The summed E-state index contributed by atoms with van der Waals surface area (Å²) in [6.07, 6.45) is 1.21. The topological polar surface area (TPSA) is 46.3 Å². The van der Waals surface area contributed by atoms with Crippen LogP contribution >= 0.6 is 0 Å². The number of rotatable bonds is 1. The van der Waals surface area contributed by atoms with E-state index in [1.807, 2.05) is 30.0 Å². The summed E-state index contributed by atoms with van der Waals surface area (Å²) in [5.41, 5.74) is 8.21. The van der Waals surface area contributed by atoms with E-state index in [9.17, 15) is 4.79 Å². The van der Waals surface area contributed by atoms with Gasteiger partial charge in [0.25, 0.3) is 5.91 Å². The zero-order valence-electron chi connectivity index (χ0n) is 11.4. The van der Waals surface area contributed by atoms with E-state index in [0.717, 1.165) is 24.2 Å². The highest BCUT2D eigenvalue weighted by Crippen LogP contribution is 2.24. The lowest BCUT2D eigenvalue weighted by Crippen LogP contribution is -2.42. The van der Waals surface area contributed by atoms with Crippen molar-refractivity contribution in [2.75, 3.05) is 18.8 Å². The minimum absolute atomic E-state index is 0.123. The molecule has 0 unspecified atom stereocenters. The van der Waals surface area contributed by atoms with E-state index in [1.54, 1.807) is 0 Å². The van der Waals surface area contributed by atoms with Gasteiger partial charge in [-0.25, -0.2) is 0 Å². The van der Waals surface area contributed by atoms with Gasteiger partial charge < -0.3 is 10.6 Å². The monoisotopic (exact) mass is 246 g/mol. The zero-order valence-corrected chi connectivity index (χ0v) is 11.4. The lowest BCUT2D eigenvalue weighted by atomic mass is 9.91. The lowest BCUT2D eigenvalue weighted by Gasteiger charge is -2.35. The summed E-state index contributed by atoms with van der Waals surface area (Å²) in [6.45, 7) is 8.05. The maximum Gasteiger partial charge on any atom is 0.254 e. The Morgan fingerprint density at radius 3 is 2.50 bits per heavy atom. The minimum atomic E-state index is 0.123. The number of likely N-dealkylation sites (tertiary alicyclic amines) is 1. The number of amides is 1. The maximum atomic E-state index is 12.5. The number of anilines is 1. The fourth-order valence-electron chi connectivity index (χ4n) is 2.88. The van der Waals surface area contributed by atoms with Crippen molar-refractivity contribution in [3.8, 4) is 0 Å². The van der Waals surface area contributed by atoms with Crippen LogP contribution in [0.3, 0.4) is 0 Å². The van der Waals surface area contributed by atoms with Crippen molar-refractivity contribution in [2.24, 2.45) is 11.8 Å². The molecular weight excluding hydrogens is 224 g/mol. The van der Waals surface area contributed by atoms with Gasteiger partial charge in [0.2, 0.25) is 0 Å². The number of benzene rings is 1. The molecule has 1 aliphatic heterocycles. The number of nitrogens with zero attached hydrogens (tertiary/aromatic N) is 1. The number of piperidine rings is 1. The molecule has 1 aromatic carbocycles. The predicted octanol–water partition coefficient (Wildman–Crippen LogP) is 2.70. The van der Waals surface area contributed by atoms with E-state index < -0.39 is 0 Å². The second-order valence-corrected chi connectivity index (χ2v) is 5.68. The van der Waals surface area contributed by atoms with Crippen LogP contribution in [0.4, 0.5) is 5.69 Å². The highest BCUT2D eigenvalue weighted by atomic mass is 16.2. The maximum absolute atomic E-state index is 12.5. The first-order valence-electron chi connectivity index (χ1n) is 6.63. The SMILES string of the molecule is Cc1c(N)cccc1C(=O)N1C[C@@H](C)C[C@H](C)C1. The average Bonchev–Trinajstić information content (AvgIpc) is 2.30. The number of nitrogens with two attached hydrogens (primary N) is 1. The molecule has 0 saturated carbocycles. The highest BCUT2D eigenvalue weighted by Gasteiger charge is 2.26. The first-order chi connectivity index (χ1) is 8.49. The van der Waals surface area contributed by atoms with Crippen LogP contribution < -0.4 is 5.73 Å². The smallest absolute Gasteiger partial charge is 0.254 e. The quantitative estimate of drug-likeness (QED) is 0.774. The average molecular weight is 246 g/mol. The standard InChI is InChI=1S/C15H22N2O/c1-10-7-11(2)9-17(8-10)15(18)13-5-4-6-14(16)12(13)3/h4-6,10-11H,7-9,16H2,1-3H3/t10-,11-/m0/s1. The Balaban J connectivity index is 2.23. The van der Waals surface area contributed by atoms with Crippen molar-refractivity contribution in [3.05, 3.63) is 29.3 Å². The first-order valence-corrected chi connectivity index (χ1v) is 6.63. The van der Waals surface area contributed by atoms with Crippen molar-refractivity contribution in [2.45, 2.75) is 27.2 Å². The Labute approximate surface area is 109 Å². The molecule has 2 N–H and O–H groups in total. The van der Waals surface area contributed by atoms with Crippen molar-refractivity contribution < 1.29 is 4.79 Å². The Kier molecular flexibility index (Phi) is 3.60. The van der Waals surface area contributed by atoms with Gasteiger partial charge in [0.05, 0.1) is 0 Å². The highest BCUT2D eigenvalue weighted by molar-refractivity contribution is 5.97. The molecule has 1 amide bonds. The molecule has 0 radical (unpaired) electrons. The van der Waals surface area contributed by atoms with E-state index >= 15 is 0 Å². The molecule has 1 fully saturated rings. The van der Waals surface area contributed by atoms with Gasteiger partial charge in [-0.1, -0.05) is 19.9 Å². The van der Waals surface area contributed by atoms with Crippen LogP contribution in [0.15, 0.2) is 18.2 Å². The second-order valence-electron chi connectivity index (χ2n) is 5.68. The molecule has 1 heterocycles.